The van der Waals surface area contributed by atoms with Crippen molar-refractivity contribution >= 4 is 18.1 Å². The van der Waals surface area contributed by atoms with E-state index >= 15 is 0 Å². The molecule has 0 aliphatic rings. The Bertz CT molecular complexity index is 419. The van der Waals surface area contributed by atoms with E-state index in [-0.39, 0.29) is 0 Å². The van der Waals surface area contributed by atoms with E-state index in [4.69, 9.17) is 11.5 Å². The number of aromatic nitrogens is 1. The summed E-state index contributed by atoms with van der Waals surface area (Å²) in [7, 11) is 0. The third kappa shape index (κ3) is 6.38. The number of amides is 1. The van der Waals surface area contributed by atoms with Crippen LogP contribution in [0, 0.1) is 0 Å². The number of H-pyrrole nitrogens is 1. The number of primary amides is 1. The van der Waals surface area contributed by atoms with Gasteiger partial charge in [-0.2, -0.15) is 0 Å². The first-order valence-electron chi connectivity index (χ1n) is 7.10. The molecule has 0 saturated carbocycles. The van der Waals surface area contributed by atoms with E-state index in [1.54, 1.807) is 6.08 Å². The lowest BCUT2D eigenvalue weighted by atomic mass is 10.0. The Kier molecular flexibility index (Phi) is 12.5. The first-order chi connectivity index (χ1) is 9.60. The molecule has 1 heterocycles. The summed E-state index contributed by atoms with van der Waals surface area (Å²) >= 11 is 0. The highest BCUT2D eigenvalue weighted by Gasteiger charge is 2.14. The van der Waals surface area contributed by atoms with Crippen molar-refractivity contribution in [3.63, 3.8) is 0 Å². The standard InChI is InChI=1S/C12H17N3O.2C2H6/c1-3-5-9-8(6-10(13)12(14)16)7-15-11(9)4-2;2*1-2/h3-5,7,10,15H,2,6,13H2,1H3,(H2,14,16);2*1-2H3/b5-3-;;. The average molecular weight is 279 g/mol. The third-order valence-corrected chi connectivity index (χ3v) is 2.38. The highest BCUT2D eigenvalue weighted by atomic mass is 16.1. The van der Waals surface area contributed by atoms with Crippen LogP contribution >= 0.6 is 0 Å². The molecule has 0 aliphatic heterocycles. The van der Waals surface area contributed by atoms with Crippen LogP contribution in [0.15, 0.2) is 18.9 Å². The molecule has 1 unspecified atom stereocenters. The van der Waals surface area contributed by atoms with Crippen LogP contribution in [0.3, 0.4) is 0 Å². The summed E-state index contributed by atoms with van der Waals surface area (Å²) in [5.74, 6) is -0.493. The number of nitrogens with two attached hydrogens (primary N) is 2. The van der Waals surface area contributed by atoms with Crippen molar-refractivity contribution in [2.24, 2.45) is 11.5 Å². The van der Waals surface area contributed by atoms with Gasteiger partial charge in [0.1, 0.15) is 0 Å². The number of carbonyl (C=O) groups is 1. The Labute approximate surface area is 122 Å². The van der Waals surface area contributed by atoms with E-state index < -0.39 is 11.9 Å². The lowest BCUT2D eigenvalue weighted by Gasteiger charge is -2.06. The van der Waals surface area contributed by atoms with Gasteiger partial charge in [-0.15, -0.1) is 0 Å². The van der Waals surface area contributed by atoms with Crippen molar-refractivity contribution in [2.75, 3.05) is 0 Å². The van der Waals surface area contributed by atoms with Gasteiger partial charge < -0.3 is 16.5 Å². The maximum atomic E-state index is 10.9. The quantitative estimate of drug-likeness (QED) is 0.773. The fraction of sp³-hybridized carbons (Fsp3) is 0.438. The Morgan fingerprint density at radius 1 is 1.40 bits per heavy atom. The molecule has 0 bridgehead atoms. The van der Waals surface area contributed by atoms with Crippen LogP contribution in [0.4, 0.5) is 0 Å². The van der Waals surface area contributed by atoms with Crippen LogP contribution in [0.25, 0.3) is 12.2 Å². The molecule has 0 fully saturated rings. The predicted molar refractivity (Wildman–Crippen MR) is 89.2 cm³/mol. The Morgan fingerprint density at radius 2 is 1.95 bits per heavy atom. The predicted octanol–water partition coefficient (Wildman–Crippen LogP) is 3.10. The van der Waals surface area contributed by atoms with Gasteiger partial charge >= 0.3 is 0 Å². The molecule has 1 atom stereocenters. The minimum Gasteiger partial charge on any atom is -0.368 e. The number of allylic oxidation sites excluding steroid dienone is 1. The van der Waals surface area contributed by atoms with E-state index in [2.05, 4.69) is 11.6 Å². The maximum absolute atomic E-state index is 10.9. The van der Waals surface area contributed by atoms with Crippen molar-refractivity contribution < 1.29 is 4.79 Å². The van der Waals surface area contributed by atoms with Crippen LogP contribution in [0.2, 0.25) is 0 Å². The summed E-state index contributed by atoms with van der Waals surface area (Å²) in [6.45, 7) is 13.6. The zero-order valence-electron chi connectivity index (χ0n) is 13.4. The minimum absolute atomic E-state index is 0.430. The van der Waals surface area contributed by atoms with E-state index in [0.29, 0.717) is 6.42 Å². The van der Waals surface area contributed by atoms with E-state index in [1.165, 1.54) is 0 Å². The van der Waals surface area contributed by atoms with Gasteiger partial charge in [-0.3, -0.25) is 4.79 Å². The van der Waals surface area contributed by atoms with Crippen molar-refractivity contribution in [2.45, 2.75) is 47.1 Å². The number of nitrogens with one attached hydrogen (secondary N) is 1. The summed E-state index contributed by atoms with van der Waals surface area (Å²) in [5.41, 5.74) is 13.7. The topological polar surface area (TPSA) is 84.9 Å². The average Bonchev–Trinajstić information content (AvgIpc) is 2.86. The number of aromatic amines is 1. The van der Waals surface area contributed by atoms with Gasteiger partial charge in [0.2, 0.25) is 5.91 Å². The van der Waals surface area contributed by atoms with E-state index in [1.807, 2.05) is 53.0 Å². The summed E-state index contributed by atoms with van der Waals surface area (Å²) in [4.78, 5) is 14.0. The van der Waals surface area contributed by atoms with Gasteiger partial charge in [0.25, 0.3) is 0 Å². The Balaban J connectivity index is 0. The van der Waals surface area contributed by atoms with Crippen molar-refractivity contribution in [3.8, 4) is 0 Å². The van der Waals surface area contributed by atoms with Gasteiger partial charge in [-0.1, -0.05) is 46.4 Å². The molecular formula is C16H29N3O. The van der Waals surface area contributed by atoms with E-state index in [9.17, 15) is 4.79 Å². The van der Waals surface area contributed by atoms with Crippen LogP contribution < -0.4 is 11.5 Å². The molecule has 0 saturated heterocycles. The van der Waals surface area contributed by atoms with Crippen LogP contribution in [-0.4, -0.2) is 16.9 Å². The molecule has 4 nitrogen and oxygen atoms in total. The molecule has 0 radical (unpaired) electrons. The van der Waals surface area contributed by atoms with Gasteiger partial charge in [0, 0.05) is 17.5 Å². The molecule has 20 heavy (non-hydrogen) atoms. The largest absolute Gasteiger partial charge is 0.368 e. The molecule has 0 spiro atoms. The van der Waals surface area contributed by atoms with Gasteiger partial charge in [-0.05, 0) is 25.0 Å². The molecule has 0 aliphatic carbocycles. The molecule has 5 N–H and O–H groups in total. The van der Waals surface area contributed by atoms with Crippen molar-refractivity contribution in [3.05, 3.63) is 35.7 Å². The first-order valence-corrected chi connectivity index (χ1v) is 7.10. The number of carbonyl (C=O) groups excluding carboxylic acids is 1. The zero-order chi connectivity index (χ0) is 16.1. The van der Waals surface area contributed by atoms with Gasteiger partial charge in [0.05, 0.1) is 6.04 Å². The second-order valence-electron chi connectivity index (χ2n) is 3.56. The minimum atomic E-state index is -0.655. The zero-order valence-corrected chi connectivity index (χ0v) is 13.4. The molecule has 1 aromatic rings. The fourth-order valence-electron chi connectivity index (χ4n) is 1.53. The number of rotatable bonds is 5. The molecular weight excluding hydrogens is 250 g/mol. The second kappa shape index (κ2) is 12.2. The lowest BCUT2D eigenvalue weighted by Crippen LogP contribution is -2.38. The Morgan fingerprint density at radius 3 is 2.35 bits per heavy atom. The SMILES string of the molecule is C=Cc1[nH]cc(CC(N)C(N)=O)c1/C=C\C.CC.CC. The van der Waals surface area contributed by atoms with Crippen LogP contribution in [-0.2, 0) is 11.2 Å². The first kappa shape index (κ1) is 20.5. The summed E-state index contributed by atoms with van der Waals surface area (Å²) in [5, 5.41) is 0. The van der Waals surface area contributed by atoms with E-state index in [0.717, 1.165) is 16.8 Å². The molecule has 0 aromatic carbocycles. The Hall–Kier alpha value is -1.81. The number of hydrogen-bond acceptors (Lipinski definition) is 2. The molecule has 1 amide bonds. The van der Waals surface area contributed by atoms with Gasteiger partial charge in [0.15, 0.2) is 0 Å². The summed E-state index contributed by atoms with van der Waals surface area (Å²) in [6.07, 6.45) is 7.87. The maximum Gasteiger partial charge on any atom is 0.234 e. The molecule has 1 aromatic heterocycles. The second-order valence-corrected chi connectivity index (χ2v) is 3.56. The van der Waals surface area contributed by atoms with Gasteiger partial charge in [-0.25, -0.2) is 0 Å². The highest BCUT2D eigenvalue weighted by Crippen LogP contribution is 2.18. The smallest absolute Gasteiger partial charge is 0.234 e. The van der Waals surface area contributed by atoms with Crippen LogP contribution in [0.1, 0.15) is 51.4 Å². The fourth-order valence-corrected chi connectivity index (χ4v) is 1.53. The normalized spacial score (nSPS) is 10.9. The lowest BCUT2D eigenvalue weighted by molar-refractivity contribution is -0.119. The molecule has 114 valence electrons. The van der Waals surface area contributed by atoms with Crippen molar-refractivity contribution in [1.82, 2.24) is 4.98 Å². The summed E-state index contributed by atoms with van der Waals surface area (Å²) in [6, 6.07) is -0.655. The monoisotopic (exact) mass is 279 g/mol. The van der Waals surface area contributed by atoms with Crippen molar-refractivity contribution in [1.29, 1.82) is 0 Å². The highest BCUT2D eigenvalue weighted by molar-refractivity contribution is 5.80. The van der Waals surface area contributed by atoms with Crippen LogP contribution in [0.5, 0.6) is 0 Å². The summed E-state index contributed by atoms with van der Waals surface area (Å²) < 4.78 is 0. The molecule has 4 heteroatoms. The third-order valence-electron chi connectivity index (χ3n) is 2.38. The number of hydrogen-bond donors (Lipinski definition) is 3. The molecule has 1 rings (SSSR count).